The molecule has 5 heteroatoms. The summed E-state index contributed by atoms with van der Waals surface area (Å²) in [4.78, 5) is 0. The molecule has 0 spiro atoms. The highest BCUT2D eigenvalue weighted by Crippen LogP contribution is 2.40. The van der Waals surface area contributed by atoms with Gasteiger partial charge in [-0.15, -0.1) is 5.54 Å². The molecule has 0 amide bonds. The first kappa shape index (κ1) is 31.9. The molecule has 0 aromatic rings. The van der Waals surface area contributed by atoms with Crippen LogP contribution in [0.15, 0.2) is 0 Å². The Balaban J connectivity index is 2.59. The topological polar surface area (TPSA) is 38.7 Å². The lowest BCUT2D eigenvalue weighted by Crippen LogP contribution is -2.47. The number of ether oxygens (including phenoxy) is 1. The molecule has 1 rings (SSSR count). The van der Waals surface area contributed by atoms with Gasteiger partial charge in [-0.05, 0) is 37.4 Å². The van der Waals surface area contributed by atoms with Crippen LogP contribution in [0.1, 0.15) is 111 Å². The van der Waals surface area contributed by atoms with Crippen LogP contribution in [0.3, 0.4) is 0 Å². The van der Waals surface area contributed by atoms with E-state index >= 15 is 0 Å². The standard InChI is InChI=1S/C29H58O3Si2/c1-10-11-12-13-14-15-16-17-18-19-20-28(32-34(8,9)29(2,3)4)27-22-21-26(31-27)25(30)23-24-33(5,6)7/h25-28,30H,10-22H2,1-9H3/t25-,26+,27-,28+/m0/s1. The smallest absolute Gasteiger partial charge is 0.192 e. The Morgan fingerprint density at radius 1 is 0.853 bits per heavy atom. The first-order valence-electron chi connectivity index (χ1n) is 14.3. The van der Waals surface area contributed by atoms with Crippen molar-refractivity contribution in [1.82, 2.24) is 0 Å². The van der Waals surface area contributed by atoms with E-state index in [4.69, 9.17) is 9.16 Å². The fourth-order valence-corrected chi connectivity index (χ4v) is 6.25. The van der Waals surface area contributed by atoms with Gasteiger partial charge in [0.15, 0.2) is 8.32 Å². The minimum Gasteiger partial charge on any atom is -0.411 e. The molecule has 0 aliphatic carbocycles. The summed E-state index contributed by atoms with van der Waals surface area (Å²) in [5, 5.41) is 10.8. The molecule has 4 atom stereocenters. The van der Waals surface area contributed by atoms with Crippen LogP contribution in [0.2, 0.25) is 37.8 Å². The fourth-order valence-electron chi connectivity index (χ4n) is 4.29. The second-order valence-electron chi connectivity index (χ2n) is 13.1. The SMILES string of the molecule is CCCCCCCCCCCC[C@@H](O[Si](C)(C)C(C)(C)C)[C@@H]1CC[C@H]([C@@H](O)C#C[Si](C)(C)C)O1. The third kappa shape index (κ3) is 12.7. The van der Waals surface area contributed by atoms with E-state index in [1.807, 2.05) is 0 Å². The average Bonchev–Trinajstić information content (AvgIpc) is 3.21. The summed E-state index contributed by atoms with van der Waals surface area (Å²) in [6.45, 7) is 20.5. The highest BCUT2D eigenvalue weighted by atomic mass is 28.4. The number of aliphatic hydroxyl groups excluding tert-OH is 1. The Kier molecular flexibility index (Phi) is 14.3. The molecule has 34 heavy (non-hydrogen) atoms. The monoisotopic (exact) mass is 510 g/mol. The van der Waals surface area contributed by atoms with Crippen molar-refractivity contribution in [2.24, 2.45) is 0 Å². The highest BCUT2D eigenvalue weighted by Gasteiger charge is 2.43. The Morgan fingerprint density at radius 3 is 1.85 bits per heavy atom. The largest absolute Gasteiger partial charge is 0.411 e. The maximum atomic E-state index is 10.6. The fraction of sp³-hybridized carbons (Fsp3) is 0.931. The van der Waals surface area contributed by atoms with Crippen LogP contribution in [0.4, 0.5) is 0 Å². The Bertz CT molecular complexity index is 610. The molecule has 0 unspecified atom stereocenters. The van der Waals surface area contributed by atoms with Gasteiger partial charge in [0.25, 0.3) is 0 Å². The molecule has 1 aliphatic heterocycles. The molecule has 0 radical (unpaired) electrons. The zero-order valence-corrected chi connectivity index (χ0v) is 26.3. The van der Waals surface area contributed by atoms with Crippen molar-refractivity contribution in [3.8, 4) is 11.5 Å². The van der Waals surface area contributed by atoms with Crippen LogP contribution in [0, 0.1) is 11.5 Å². The van der Waals surface area contributed by atoms with E-state index in [1.54, 1.807) is 0 Å². The first-order valence-corrected chi connectivity index (χ1v) is 20.7. The number of unbranched alkanes of at least 4 members (excludes halogenated alkanes) is 9. The summed E-state index contributed by atoms with van der Waals surface area (Å²) in [7, 11) is -3.39. The predicted octanol–water partition coefficient (Wildman–Crippen LogP) is 8.48. The quantitative estimate of drug-likeness (QED) is 0.136. The van der Waals surface area contributed by atoms with Crippen molar-refractivity contribution in [3.05, 3.63) is 0 Å². The van der Waals surface area contributed by atoms with Crippen LogP contribution in [-0.4, -0.2) is 45.9 Å². The van der Waals surface area contributed by atoms with E-state index in [-0.39, 0.29) is 23.4 Å². The maximum Gasteiger partial charge on any atom is 0.192 e. The lowest BCUT2D eigenvalue weighted by Gasteiger charge is -2.41. The van der Waals surface area contributed by atoms with Crippen molar-refractivity contribution in [2.45, 2.75) is 173 Å². The molecule has 1 heterocycles. The lowest BCUT2D eigenvalue weighted by molar-refractivity contribution is -0.0600. The molecule has 1 N–H and O–H groups in total. The van der Waals surface area contributed by atoms with Gasteiger partial charge in [-0.3, -0.25) is 0 Å². The summed E-state index contributed by atoms with van der Waals surface area (Å²) in [5.41, 5.74) is 3.31. The third-order valence-electron chi connectivity index (χ3n) is 7.54. The van der Waals surface area contributed by atoms with Gasteiger partial charge in [0.2, 0.25) is 0 Å². The second-order valence-corrected chi connectivity index (χ2v) is 22.6. The zero-order valence-electron chi connectivity index (χ0n) is 24.3. The van der Waals surface area contributed by atoms with Gasteiger partial charge in [0.05, 0.1) is 18.3 Å². The molecule has 0 aromatic heterocycles. The van der Waals surface area contributed by atoms with Crippen LogP contribution in [-0.2, 0) is 9.16 Å². The van der Waals surface area contributed by atoms with Gasteiger partial charge < -0.3 is 14.3 Å². The molecule has 0 aromatic carbocycles. The molecule has 1 saturated heterocycles. The Morgan fingerprint density at radius 2 is 1.35 bits per heavy atom. The van der Waals surface area contributed by atoms with Crippen molar-refractivity contribution in [2.75, 3.05) is 0 Å². The minimum atomic E-state index is -1.89. The van der Waals surface area contributed by atoms with Crippen molar-refractivity contribution >= 4 is 16.4 Å². The van der Waals surface area contributed by atoms with Gasteiger partial charge in [-0.25, -0.2) is 0 Å². The number of hydrogen-bond donors (Lipinski definition) is 1. The number of hydrogen-bond acceptors (Lipinski definition) is 3. The zero-order chi connectivity index (χ0) is 25.8. The van der Waals surface area contributed by atoms with Crippen LogP contribution in [0.25, 0.3) is 0 Å². The van der Waals surface area contributed by atoms with Gasteiger partial charge in [0.1, 0.15) is 14.2 Å². The molecule has 1 fully saturated rings. The van der Waals surface area contributed by atoms with E-state index in [0.29, 0.717) is 0 Å². The van der Waals surface area contributed by atoms with E-state index in [1.165, 1.54) is 64.2 Å². The van der Waals surface area contributed by atoms with Crippen LogP contribution in [0.5, 0.6) is 0 Å². The first-order chi connectivity index (χ1) is 15.8. The van der Waals surface area contributed by atoms with Gasteiger partial charge in [-0.1, -0.05) is 117 Å². The summed E-state index contributed by atoms with van der Waals surface area (Å²) >= 11 is 0. The number of rotatable bonds is 15. The third-order valence-corrected chi connectivity index (χ3v) is 12.9. The second kappa shape index (κ2) is 15.2. The average molecular weight is 511 g/mol. The van der Waals surface area contributed by atoms with Crippen LogP contribution < -0.4 is 0 Å². The molecule has 1 aliphatic rings. The molecule has 3 nitrogen and oxygen atoms in total. The molecular weight excluding hydrogens is 452 g/mol. The lowest BCUT2D eigenvalue weighted by atomic mass is 10.0. The Hall–Kier alpha value is -0.126. The molecular formula is C29H58O3Si2. The van der Waals surface area contributed by atoms with Crippen molar-refractivity contribution in [3.63, 3.8) is 0 Å². The molecule has 200 valence electrons. The van der Waals surface area contributed by atoms with Gasteiger partial charge >= 0.3 is 0 Å². The number of aliphatic hydroxyl groups is 1. The minimum absolute atomic E-state index is 0.0843. The van der Waals surface area contributed by atoms with Gasteiger partial charge in [0, 0.05) is 0 Å². The normalized spacial score (nSPS) is 21.2. The van der Waals surface area contributed by atoms with E-state index < -0.39 is 22.5 Å². The van der Waals surface area contributed by atoms with E-state index in [2.05, 4.69) is 71.9 Å². The summed E-state index contributed by atoms with van der Waals surface area (Å²) in [5.74, 6) is 3.09. The highest BCUT2D eigenvalue weighted by molar-refractivity contribution is 6.83. The predicted molar refractivity (Wildman–Crippen MR) is 154 cm³/mol. The van der Waals surface area contributed by atoms with Gasteiger partial charge in [-0.2, -0.15) is 0 Å². The maximum absolute atomic E-state index is 10.6. The summed E-state index contributed by atoms with van der Waals surface area (Å²) in [6, 6.07) is 0. The molecule has 0 saturated carbocycles. The Labute approximate surface area is 215 Å². The van der Waals surface area contributed by atoms with E-state index in [9.17, 15) is 5.11 Å². The van der Waals surface area contributed by atoms with Crippen molar-refractivity contribution in [1.29, 1.82) is 0 Å². The van der Waals surface area contributed by atoms with E-state index in [0.717, 1.165) is 19.3 Å². The van der Waals surface area contributed by atoms with Crippen LogP contribution >= 0.6 is 0 Å². The molecule has 0 bridgehead atoms. The summed E-state index contributed by atoms with van der Waals surface area (Å²) < 4.78 is 13.3. The van der Waals surface area contributed by atoms with Crippen molar-refractivity contribution < 1.29 is 14.3 Å². The summed E-state index contributed by atoms with van der Waals surface area (Å²) in [6.07, 6.45) is 15.8.